The molecule has 0 radical (unpaired) electrons. The van der Waals surface area contributed by atoms with E-state index in [0.29, 0.717) is 17.4 Å². The molecule has 1 aromatic carbocycles. The average molecular weight is 588 g/mol. The van der Waals surface area contributed by atoms with Crippen molar-refractivity contribution in [2.75, 3.05) is 30.4 Å². The van der Waals surface area contributed by atoms with Gasteiger partial charge in [-0.2, -0.15) is 5.10 Å². The van der Waals surface area contributed by atoms with E-state index in [4.69, 9.17) is 27.1 Å². The molecule has 0 bridgehead atoms. The Morgan fingerprint density at radius 1 is 1.10 bits per heavy atom. The Hall–Kier alpha value is -3.80. The van der Waals surface area contributed by atoms with Gasteiger partial charge in [0.2, 0.25) is 0 Å². The molecule has 41 heavy (non-hydrogen) atoms. The Labute approximate surface area is 246 Å². The molecule has 210 valence electrons. The van der Waals surface area contributed by atoms with Gasteiger partial charge in [0.25, 0.3) is 0 Å². The highest BCUT2D eigenvalue weighted by Gasteiger charge is 2.47. The summed E-state index contributed by atoms with van der Waals surface area (Å²) in [5.74, 6) is 2.48. The summed E-state index contributed by atoms with van der Waals surface area (Å²) in [6.45, 7) is 3.29. The molecule has 2 aliphatic rings. The van der Waals surface area contributed by atoms with E-state index in [-0.39, 0.29) is 11.5 Å². The number of rotatable bonds is 7. The summed E-state index contributed by atoms with van der Waals surface area (Å²) in [7, 11) is 1.66. The van der Waals surface area contributed by atoms with Crippen molar-refractivity contribution in [1.29, 1.82) is 0 Å². The van der Waals surface area contributed by atoms with Crippen LogP contribution in [0.1, 0.15) is 30.1 Å². The second-order valence-corrected chi connectivity index (χ2v) is 12.0. The van der Waals surface area contributed by atoms with Crippen LogP contribution in [0.25, 0.3) is 5.52 Å². The number of nitrogens with two attached hydrogens (primary N) is 1. The van der Waals surface area contributed by atoms with E-state index in [1.165, 1.54) is 11.8 Å². The van der Waals surface area contributed by atoms with E-state index in [9.17, 15) is 0 Å². The van der Waals surface area contributed by atoms with Crippen LogP contribution in [0.5, 0.6) is 5.75 Å². The van der Waals surface area contributed by atoms with Gasteiger partial charge < -0.3 is 20.7 Å². The third-order valence-electron chi connectivity index (χ3n) is 8.36. The van der Waals surface area contributed by atoms with Gasteiger partial charge in [-0.05, 0) is 42.7 Å². The number of pyridine rings is 1. The van der Waals surface area contributed by atoms with Gasteiger partial charge in [0.1, 0.15) is 28.7 Å². The lowest BCUT2D eigenvalue weighted by Gasteiger charge is -2.42. The van der Waals surface area contributed by atoms with Crippen LogP contribution in [-0.2, 0) is 13.1 Å². The zero-order valence-corrected chi connectivity index (χ0v) is 24.1. The summed E-state index contributed by atoms with van der Waals surface area (Å²) in [5, 5.41) is 9.21. The van der Waals surface area contributed by atoms with Crippen molar-refractivity contribution in [3.05, 3.63) is 83.8 Å². The third kappa shape index (κ3) is 4.67. The van der Waals surface area contributed by atoms with Crippen molar-refractivity contribution in [3.8, 4) is 5.75 Å². The number of fused-ring (bicyclic) bond motifs is 2. The maximum atomic E-state index is 6.81. The van der Waals surface area contributed by atoms with Crippen molar-refractivity contribution < 1.29 is 4.74 Å². The Balaban J connectivity index is 1.07. The quantitative estimate of drug-likeness (QED) is 0.270. The first-order valence-electron chi connectivity index (χ1n) is 13.6. The number of ether oxygens (including phenoxy) is 1. The minimum absolute atomic E-state index is 0.0259. The molecular formula is C29H30ClN9OS. The van der Waals surface area contributed by atoms with Crippen molar-refractivity contribution in [2.24, 2.45) is 11.1 Å². The minimum atomic E-state index is 0.0259. The normalized spacial score (nSPS) is 17.7. The van der Waals surface area contributed by atoms with Crippen LogP contribution in [0.4, 0.5) is 11.6 Å². The van der Waals surface area contributed by atoms with Crippen LogP contribution >= 0.6 is 23.4 Å². The van der Waals surface area contributed by atoms with Gasteiger partial charge in [0.05, 0.1) is 41.8 Å². The van der Waals surface area contributed by atoms with E-state index in [1.54, 1.807) is 13.3 Å². The molecule has 1 fully saturated rings. The number of hydrogen-bond donors (Lipinski definition) is 2. The number of methoxy groups -OCH3 is 1. The second kappa shape index (κ2) is 10.6. The number of nitrogens with one attached hydrogen (secondary N) is 1. The van der Waals surface area contributed by atoms with Crippen LogP contribution < -0.4 is 20.7 Å². The molecule has 10 nitrogen and oxygen atoms in total. The molecule has 6 heterocycles. The van der Waals surface area contributed by atoms with Gasteiger partial charge >= 0.3 is 0 Å². The van der Waals surface area contributed by atoms with Crippen LogP contribution in [-0.4, -0.2) is 49.3 Å². The SMILES string of the molecule is COc1ccc(CNc2nccc(Sc3ncc(N4CCC5(CC4)Cn4nccc4[C@H]5N)n4cncc34)c2Cl)cc1. The lowest BCUT2D eigenvalue weighted by Crippen LogP contribution is -2.45. The lowest BCUT2D eigenvalue weighted by atomic mass is 9.73. The molecule has 1 saturated heterocycles. The minimum Gasteiger partial charge on any atom is -0.497 e. The fourth-order valence-electron chi connectivity index (χ4n) is 5.95. The third-order valence-corrected chi connectivity index (χ3v) is 9.92. The molecule has 12 heteroatoms. The van der Waals surface area contributed by atoms with E-state index in [2.05, 4.69) is 40.4 Å². The second-order valence-electron chi connectivity index (χ2n) is 10.6. The Kier molecular flexibility index (Phi) is 6.72. The topological polar surface area (TPSA) is 111 Å². The maximum absolute atomic E-state index is 6.81. The average Bonchev–Trinajstić information content (AvgIpc) is 3.73. The molecule has 4 aromatic heterocycles. The van der Waals surface area contributed by atoms with Crippen LogP contribution in [0, 0.1) is 5.41 Å². The number of aromatic nitrogens is 6. The number of imidazole rings is 1. The van der Waals surface area contributed by atoms with Gasteiger partial charge in [0, 0.05) is 48.9 Å². The highest BCUT2D eigenvalue weighted by Crippen LogP contribution is 2.48. The van der Waals surface area contributed by atoms with Gasteiger partial charge in [-0.3, -0.25) is 9.08 Å². The molecule has 0 unspecified atom stereocenters. The van der Waals surface area contributed by atoms with Gasteiger partial charge in [-0.25, -0.2) is 15.0 Å². The van der Waals surface area contributed by atoms with Gasteiger partial charge in [-0.1, -0.05) is 35.5 Å². The molecule has 3 N–H and O–H groups in total. The number of halogens is 1. The fourth-order valence-corrected chi connectivity index (χ4v) is 7.13. The van der Waals surface area contributed by atoms with E-state index < -0.39 is 0 Å². The smallest absolute Gasteiger partial charge is 0.146 e. The zero-order chi connectivity index (χ0) is 28.0. The van der Waals surface area contributed by atoms with Crippen LogP contribution in [0.3, 0.4) is 0 Å². The number of piperidine rings is 1. The predicted octanol–water partition coefficient (Wildman–Crippen LogP) is 5.05. The Morgan fingerprint density at radius 2 is 1.93 bits per heavy atom. The predicted molar refractivity (Wildman–Crippen MR) is 160 cm³/mol. The summed E-state index contributed by atoms with van der Waals surface area (Å²) < 4.78 is 9.43. The lowest BCUT2D eigenvalue weighted by molar-refractivity contribution is 0.170. The molecule has 1 atom stereocenters. The molecule has 1 spiro atoms. The van der Waals surface area contributed by atoms with Crippen LogP contribution in [0.15, 0.2) is 77.4 Å². The molecule has 0 amide bonds. The van der Waals surface area contributed by atoms with Gasteiger partial charge in [0.15, 0.2) is 0 Å². The summed E-state index contributed by atoms with van der Waals surface area (Å²) in [6, 6.07) is 11.9. The molecule has 5 aromatic rings. The van der Waals surface area contributed by atoms with E-state index in [0.717, 1.165) is 70.7 Å². The van der Waals surface area contributed by atoms with Gasteiger partial charge in [-0.15, -0.1) is 0 Å². The highest BCUT2D eigenvalue weighted by molar-refractivity contribution is 7.99. The molecule has 0 aliphatic carbocycles. The van der Waals surface area contributed by atoms with Crippen LogP contribution in [0.2, 0.25) is 5.02 Å². The highest BCUT2D eigenvalue weighted by atomic mass is 35.5. The van der Waals surface area contributed by atoms with Crippen molar-refractivity contribution in [2.45, 2.75) is 41.9 Å². The van der Waals surface area contributed by atoms with E-state index >= 15 is 0 Å². The summed E-state index contributed by atoms with van der Waals surface area (Å²) in [6.07, 6.45) is 11.3. The Morgan fingerprint density at radius 3 is 2.71 bits per heavy atom. The van der Waals surface area contributed by atoms with E-state index in [1.807, 2.05) is 55.2 Å². The summed E-state index contributed by atoms with van der Waals surface area (Å²) >= 11 is 8.32. The molecule has 0 saturated carbocycles. The summed E-state index contributed by atoms with van der Waals surface area (Å²) in [5.41, 5.74) is 9.95. The monoisotopic (exact) mass is 587 g/mol. The maximum Gasteiger partial charge on any atom is 0.146 e. The van der Waals surface area contributed by atoms with Crippen molar-refractivity contribution >= 4 is 40.5 Å². The van der Waals surface area contributed by atoms with Crippen molar-refractivity contribution in [1.82, 2.24) is 29.1 Å². The van der Waals surface area contributed by atoms with Crippen molar-refractivity contribution in [3.63, 3.8) is 0 Å². The Bertz CT molecular complexity index is 1690. The number of nitrogens with zero attached hydrogens (tertiary/aromatic N) is 7. The number of anilines is 2. The molecular weight excluding hydrogens is 558 g/mol. The zero-order valence-electron chi connectivity index (χ0n) is 22.6. The number of hydrogen-bond acceptors (Lipinski definition) is 9. The first-order valence-corrected chi connectivity index (χ1v) is 14.8. The first kappa shape index (κ1) is 26.1. The first-order chi connectivity index (χ1) is 20.0. The molecule has 7 rings (SSSR count). The fraction of sp³-hybridized carbons (Fsp3) is 0.310. The summed E-state index contributed by atoms with van der Waals surface area (Å²) in [4.78, 5) is 17.0. The largest absolute Gasteiger partial charge is 0.497 e. The molecule has 2 aliphatic heterocycles. The number of benzene rings is 1. The standard InChI is InChI=1S/C29H30ClN9OS/c1-40-20-4-2-19(3-5-20)14-34-27-25(30)23(7-10-33-27)41-28-22-15-32-18-38(22)24(16-35-28)37-12-8-29(9-13-37)17-39-21(26(29)31)6-11-36-39/h2-7,10-11,15-16,18,26H,8-9,12-14,17,31H2,1H3,(H,33,34)/t26-/m1/s1.